The average molecular weight is 338 g/mol. The number of nitrogens with zero attached hydrogens (tertiary/aromatic N) is 1. The van der Waals surface area contributed by atoms with Crippen molar-refractivity contribution < 1.29 is 21.2 Å². The minimum absolute atomic E-state index is 0.117. The van der Waals surface area contributed by atoms with Crippen LogP contribution in [0.4, 0.5) is 4.39 Å². The van der Waals surface area contributed by atoms with Gasteiger partial charge in [0.2, 0.25) is 20.0 Å². The lowest BCUT2D eigenvalue weighted by atomic mass is 10.1. The Morgan fingerprint density at radius 2 is 1.81 bits per heavy atom. The van der Waals surface area contributed by atoms with E-state index in [-0.39, 0.29) is 18.7 Å². The van der Waals surface area contributed by atoms with Gasteiger partial charge in [-0.3, -0.25) is 0 Å². The molecule has 1 aromatic rings. The normalized spacial score (nSPS) is 12.8. The van der Waals surface area contributed by atoms with Crippen LogP contribution in [-0.4, -0.2) is 47.2 Å². The smallest absolute Gasteiger partial charge is 0.210 e. The second-order valence-electron chi connectivity index (χ2n) is 4.85. The molecule has 0 saturated carbocycles. The van der Waals surface area contributed by atoms with Gasteiger partial charge in [-0.05, 0) is 18.1 Å². The van der Waals surface area contributed by atoms with Gasteiger partial charge >= 0.3 is 0 Å². The molecule has 0 bridgehead atoms. The van der Waals surface area contributed by atoms with Crippen molar-refractivity contribution in [2.24, 2.45) is 0 Å². The van der Waals surface area contributed by atoms with Crippen LogP contribution in [0, 0.1) is 5.82 Å². The third-order valence-electron chi connectivity index (χ3n) is 2.92. The SMILES string of the molecule is CN(CCc1ccc(CNS(C)(=O)=O)c(F)c1)S(C)(=O)=O. The first-order chi connectivity index (χ1) is 9.49. The molecule has 0 aromatic heterocycles. The fraction of sp³-hybridized carbons (Fsp3) is 0.500. The second-order valence-corrected chi connectivity index (χ2v) is 8.78. The van der Waals surface area contributed by atoms with Gasteiger partial charge in [-0.15, -0.1) is 0 Å². The highest BCUT2D eigenvalue weighted by atomic mass is 32.2. The largest absolute Gasteiger partial charge is 0.213 e. The molecule has 21 heavy (non-hydrogen) atoms. The van der Waals surface area contributed by atoms with E-state index < -0.39 is 25.9 Å². The lowest BCUT2D eigenvalue weighted by Crippen LogP contribution is -2.27. The van der Waals surface area contributed by atoms with Crippen molar-refractivity contribution in [3.63, 3.8) is 0 Å². The van der Waals surface area contributed by atoms with E-state index in [0.29, 0.717) is 12.0 Å². The minimum Gasteiger partial charge on any atom is -0.213 e. The van der Waals surface area contributed by atoms with Crippen LogP contribution >= 0.6 is 0 Å². The number of sulfonamides is 2. The number of likely N-dealkylation sites (N-methyl/N-ethyl adjacent to an activating group) is 1. The van der Waals surface area contributed by atoms with E-state index in [9.17, 15) is 21.2 Å². The van der Waals surface area contributed by atoms with Crippen molar-refractivity contribution in [2.45, 2.75) is 13.0 Å². The Balaban J connectivity index is 2.70. The van der Waals surface area contributed by atoms with E-state index in [1.807, 2.05) is 0 Å². The van der Waals surface area contributed by atoms with Gasteiger partial charge in [0.05, 0.1) is 12.5 Å². The molecule has 1 aromatic carbocycles. The van der Waals surface area contributed by atoms with Crippen molar-refractivity contribution in [2.75, 3.05) is 26.1 Å². The van der Waals surface area contributed by atoms with Gasteiger partial charge in [-0.2, -0.15) is 0 Å². The van der Waals surface area contributed by atoms with Gasteiger partial charge in [0.25, 0.3) is 0 Å². The van der Waals surface area contributed by atoms with E-state index in [2.05, 4.69) is 4.72 Å². The maximum Gasteiger partial charge on any atom is 0.210 e. The molecule has 0 amide bonds. The van der Waals surface area contributed by atoms with E-state index in [0.717, 1.165) is 12.5 Å². The molecule has 0 aliphatic carbocycles. The first-order valence-corrected chi connectivity index (χ1v) is 9.86. The molecule has 120 valence electrons. The molecule has 9 heteroatoms. The third kappa shape index (κ3) is 6.51. The molecule has 0 aliphatic rings. The highest BCUT2D eigenvalue weighted by molar-refractivity contribution is 7.88. The first-order valence-electron chi connectivity index (χ1n) is 6.12. The topological polar surface area (TPSA) is 83.6 Å². The van der Waals surface area contributed by atoms with Crippen LogP contribution in [0.15, 0.2) is 18.2 Å². The van der Waals surface area contributed by atoms with Crippen molar-refractivity contribution in [1.82, 2.24) is 9.03 Å². The summed E-state index contributed by atoms with van der Waals surface area (Å²) >= 11 is 0. The van der Waals surface area contributed by atoms with Crippen molar-refractivity contribution in [3.8, 4) is 0 Å². The van der Waals surface area contributed by atoms with E-state index in [1.165, 1.54) is 23.5 Å². The Labute approximate surface area is 125 Å². The first kappa shape index (κ1) is 18.0. The highest BCUT2D eigenvalue weighted by Crippen LogP contribution is 2.12. The molecule has 0 spiro atoms. The molecule has 0 aliphatic heterocycles. The number of halogens is 1. The van der Waals surface area contributed by atoms with Crippen LogP contribution in [0.25, 0.3) is 0 Å². The summed E-state index contributed by atoms with van der Waals surface area (Å²) in [4.78, 5) is 0. The summed E-state index contributed by atoms with van der Waals surface area (Å²) in [5, 5.41) is 0. The minimum atomic E-state index is -3.38. The molecule has 1 N–H and O–H groups in total. The lowest BCUT2D eigenvalue weighted by molar-refractivity contribution is 0.477. The molecule has 0 unspecified atom stereocenters. The molecule has 0 saturated heterocycles. The number of rotatable bonds is 7. The number of hydrogen-bond acceptors (Lipinski definition) is 4. The molecule has 0 fully saturated rings. The predicted molar refractivity (Wildman–Crippen MR) is 79.3 cm³/mol. The van der Waals surface area contributed by atoms with E-state index in [1.54, 1.807) is 6.07 Å². The molecule has 0 atom stereocenters. The standard InChI is InChI=1S/C12H19FN2O4S2/c1-15(21(3,18)19)7-6-10-4-5-11(12(13)8-10)9-14-20(2,16)17/h4-5,8,14H,6-7,9H2,1-3H3. The Kier molecular flexibility index (Phi) is 5.85. The zero-order valence-electron chi connectivity index (χ0n) is 12.1. The van der Waals surface area contributed by atoms with Gasteiger partial charge in [0.1, 0.15) is 5.82 Å². The summed E-state index contributed by atoms with van der Waals surface area (Å²) in [6, 6.07) is 4.43. The molecular weight excluding hydrogens is 319 g/mol. The molecule has 1 rings (SSSR count). The monoisotopic (exact) mass is 338 g/mol. The van der Waals surface area contributed by atoms with Crippen LogP contribution in [-0.2, 0) is 33.0 Å². The summed E-state index contributed by atoms with van der Waals surface area (Å²) < 4.78 is 61.6. The number of hydrogen-bond donors (Lipinski definition) is 1. The van der Waals surface area contributed by atoms with Gasteiger partial charge in [-0.25, -0.2) is 30.3 Å². The lowest BCUT2D eigenvalue weighted by Gasteiger charge is -2.14. The second kappa shape index (κ2) is 6.82. The fourth-order valence-electron chi connectivity index (χ4n) is 1.55. The quantitative estimate of drug-likeness (QED) is 0.775. The van der Waals surface area contributed by atoms with Crippen LogP contribution in [0.1, 0.15) is 11.1 Å². The number of nitrogens with one attached hydrogen (secondary N) is 1. The van der Waals surface area contributed by atoms with Crippen LogP contribution < -0.4 is 4.72 Å². The zero-order chi connectivity index (χ0) is 16.3. The molecule has 0 radical (unpaired) electrons. The van der Waals surface area contributed by atoms with Crippen molar-refractivity contribution >= 4 is 20.0 Å². The summed E-state index contributed by atoms with van der Waals surface area (Å²) in [6.07, 6.45) is 2.48. The van der Waals surface area contributed by atoms with Crippen molar-refractivity contribution in [1.29, 1.82) is 0 Å². The van der Waals surface area contributed by atoms with Crippen LogP contribution in [0.5, 0.6) is 0 Å². The maximum absolute atomic E-state index is 13.8. The van der Waals surface area contributed by atoms with Gasteiger partial charge in [0, 0.05) is 25.7 Å². The maximum atomic E-state index is 13.8. The average Bonchev–Trinajstić information content (AvgIpc) is 2.32. The van der Waals surface area contributed by atoms with Gasteiger partial charge in [-0.1, -0.05) is 12.1 Å². The van der Waals surface area contributed by atoms with Crippen molar-refractivity contribution in [3.05, 3.63) is 35.1 Å². The van der Waals surface area contributed by atoms with Crippen LogP contribution in [0.3, 0.4) is 0 Å². The summed E-state index contributed by atoms with van der Waals surface area (Å²) in [5.74, 6) is -0.523. The van der Waals surface area contributed by atoms with Gasteiger partial charge in [0.15, 0.2) is 0 Å². The Morgan fingerprint density at radius 1 is 1.19 bits per heavy atom. The summed E-state index contributed by atoms with van der Waals surface area (Å²) in [6.45, 7) is 0.132. The van der Waals surface area contributed by atoms with E-state index >= 15 is 0 Å². The predicted octanol–water partition coefficient (Wildman–Crippen LogP) is 0.309. The Morgan fingerprint density at radius 3 is 2.29 bits per heavy atom. The third-order valence-corrected chi connectivity index (χ3v) is 4.91. The molecular formula is C12H19FN2O4S2. The van der Waals surface area contributed by atoms with E-state index in [4.69, 9.17) is 0 Å². The Hall–Kier alpha value is -1.03. The summed E-state index contributed by atoms with van der Waals surface area (Å²) in [7, 11) is -5.18. The summed E-state index contributed by atoms with van der Waals surface area (Å²) in [5.41, 5.74) is 0.881. The number of benzene rings is 1. The molecule has 0 heterocycles. The highest BCUT2D eigenvalue weighted by Gasteiger charge is 2.11. The molecule has 6 nitrogen and oxygen atoms in total. The van der Waals surface area contributed by atoms with Gasteiger partial charge < -0.3 is 0 Å². The van der Waals surface area contributed by atoms with Crippen LogP contribution in [0.2, 0.25) is 0 Å². The fourth-order valence-corrected chi connectivity index (χ4v) is 2.39. The Bertz CT molecular complexity index is 702. The zero-order valence-corrected chi connectivity index (χ0v) is 13.8.